The number of rotatable bonds is 8. The van der Waals surface area contributed by atoms with Crippen molar-refractivity contribution in [1.82, 2.24) is 24.9 Å². The molecule has 1 aliphatic carbocycles. The van der Waals surface area contributed by atoms with Crippen LogP contribution in [-0.2, 0) is 16.1 Å². The topological polar surface area (TPSA) is 130 Å². The fourth-order valence-electron chi connectivity index (χ4n) is 4.42. The highest BCUT2D eigenvalue weighted by molar-refractivity contribution is 6.15. The number of Topliss-reactive ketones (excluding diaryl/α,β-unsaturated/α-hetero) is 1. The van der Waals surface area contributed by atoms with Crippen LogP contribution in [0.5, 0.6) is 0 Å². The third-order valence-corrected chi connectivity index (χ3v) is 6.57. The summed E-state index contributed by atoms with van der Waals surface area (Å²) >= 11 is 0. The van der Waals surface area contributed by atoms with E-state index in [-0.39, 0.29) is 18.1 Å². The molecular formula is C28H25N7O3. The number of carbonyl (C=O) groups is 3. The molecule has 0 bridgehead atoms. The van der Waals surface area contributed by atoms with Crippen molar-refractivity contribution < 1.29 is 14.4 Å². The molecule has 0 atom stereocenters. The molecule has 6 rings (SSSR count). The Labute approximate surface area is 218 Å². The number of amides is 2. The zero-order valence-electron chi connectivity index (χ0n) is 20.7. The lowest BCUT2D eigenvalue weighted by atomic mass is 9.97. The van der Waals surface area contributed by atoms with Crippen molar-refractivity contribution in [3.63, 3.8) is 0 Å². The summed E-state index contributed by atoms with van der Waals surface area (Å²) in [5.41, 5.74) is 5.16. The summed E-state index contributed by atoms with van der Waals surface area (Å²) in [5.74, 6) is 0.256. The van der Waals surface area contributed by atoms with E-state index >= 15 is 0 Å². The Hall–Kier alpha value is -4.86. The number of hydrogen-bond acceptors (Lipinski definition) is 8. The van der Waals surface area contributed by atoms with Gasteiger partial charge in [0, 0.05) is 29.3 Å². The van der Waals surface area contributed by atoms with Gasteiger partial charge in [-0.15, -0.1) is 0 Å². The molecule has 190 valence electrons. The Kier molecular flexibility index (Phi) is 5.91. The predicted molar refractivity (Wildman–Crippen MR) is 142 cm³/mol. The molecule has 10 nitrogen and oxygen atoms in total. The van der Waals surface area contributed by atoms with Crippen LogP contribution in [0, 0.1) is 0 Å². The number of ketones is 1. The molecular weight excluding hydrogens is 482 g/mol. The first kappa shape index (κ1) is 23.5. The van der Waals surface area contributed by atoms with Gasteiger partial charge in [0.1, 0.15) is 0 Å². The highest BCUT2D eigenvalue weighted by Crippen LogP contribution is 2.28. The SMILES string of the molecule is CC(=O)c1cccc(-c2ccccc2CNc2nc(NC3CC3)n3ncc(/C=C4\CC(=O)NC4=O)c3n2)c1. The third kappa shape index (κ3) is 4.75. The van der Waals surface area contributed by atoms with E-state index in [1.54, 1.807) is 23.7 Å². The summed E-state index contributed by atoms with van der Waals surface area (Å²) in [5, 5.41) is 13.5. The Balaban J connectivity index is 1.33. The van der Waals surface area contributed by atoms with Crippen molar-refractivity contribution in [3.8, 4) is 11.1 Å². The predicted octanol–water partition coefficient (Wildman–Crippen LogP) is 3.61. The quantitative estimate of drug-likeness (QED) is 0.187. The molecule has 0 spiro atoms. The number of anilines is 2. The molecule has 0 unspecified atom stereocenters. The molecule has 2 aliphatic rings. The molecule has 2 aromatic heterocycles. The number of aromatic nitrogens is 4. The van der Waals surface area contributed by atoms with Crippen LogP contribution in [0.3, 0.4) is 0 Å². The largest absolute Gasteiger partial charge is 0.351 e. The van der Waals surface area contributed by atoms with Crippen LogP contribution in [0.2, 0.25) is 0 Å². The van der Waals surface area contributed by atoms with Crippen LogP contribution in [-0.4, -0.2) is 43.2 Å². The fourth-order valence-corrected chi connectivity index (χ4v) is 4.42. The lowest BCUT2D eigenvalue weighted by molar-refractivity contribution is -0.124. The van der Waals surface area contributed by atoms with Crippen LogP contribution in [0.15, 0.2) is 60.3 Å². The van der Waals surface area contributed by atoms with Crippen LogP contribution >= 0.6 is 0 Å². The van der Waals surface area contributed by atoms with Gasteiger partial charge >= 0.3 is 0 Å². The average Bonchev–Trinajstić information content (AvgIpc) is 3.55. The Bertz CT molecular complexity index is 1630. The molecule has 1 saturated heterocycles. The summed E-state index contributed by atoms with van der Waals surface area (Å²) in [6, 6.07) is 15.9. The van der Waals surface area contributed by atoms with Crippen molar-refractivity contribution in [2.24, 2.45) is 0 Å². The van der Waals surface area contributed by atoms with E-state index in [1.165, 1.54) is 0 Å². The second kappa shape index (κ2) is 9.55. The second-order valence-electron chi connectivity index (χ2n) is 9.50. The number of hydrogen-bond donors (Lipinski definition) is 3. The number of imide groups is 1. The second-order valence-corrected chi connectivity index (χ2v) is 9.50. The molecule has 4 aromatic rings. The Morgan fingerprint density at radius 2 is 1.97 bits per heavy atom. The Morgan fingerprint density at radius 1 is 1.13 bits per heavy atom. The van der Waals surface area contributed by atoms with Crippen LogP contribution in [0.4, 0.5) is 11.9 Å². The van der Waals surface area contributed by atoms with E-state index in [9.17, 15) is 14.4 Å². The van der Waals surface area contributed by atoms with Gasteiger partial charge in [0.15, 0.2) is 11.4 Å². The summed E-state index contributed by atoms with van der Waals surface area (Å²) in [4.78, 5) is 45.0. The zero-order valence-corrected chi connectivity index (χ0v) is 20.7. The van der Waals surface area contributed by atoms with E-state index in [1.807, 2.05) is 48.5 Å². The number of carbonyl (C=O) groups excluding carboxylic acids is 3. The standard InChI is InChI=1S/C28H25N7O3/c1-16(36)17-6-4-7-18(11-17)23-8-3-2-5-19(23)14-29-27-33-25-21(12-20-13-24(37)32-26(20)38)15-30-35(25)28(34-27)31-22-9-10-22/h2-8,11-12,15,22H,9-10,13-14H2,1H3,(H,32,37,38)(H2,29,31,33,34)/b20-12+. The van der Waals surface area contributed by atoms with E-state index in [2.05, 4.69) is 26.0 Å². The minimum Gasteiger partial charge on any atom is -0.351 e. The van der Waals surface area contributed by atoms with Crippen LogP contribution in [0.1, 0.15) is 47.7 Å². The molecule has 1 saturated carbocycles. The zero-order chi connectivity index (χ0) is 26.2. The van der Waals surface area contributed by atoms with Gasteiger partial charge in [-0.1, -0.05) is 42.5 Å². The summed E-state index contributed by atoms with van der Waals surface area (Å²) in [6.07, 6.45) is 5.41. The smallest absolute Gasteiger partial charge is 0.254 e. The summed E-state index contributed by atoms with van der Waals surface area (Å²) in [7, 11) is 0. The van der Waals surface area contributed by atoms with Gasteiger partial charge in [-0.2, -0.15) is 19.6 Å². The molecule has 3 N–H and O–H groups in total. The average molecular weight is 508 g/mol. The minimum atomic E-state index is -0.400. The maximum atomic E-state index is 12.1. The van der Waals surface area contributed by atoms with Crippen molar-refractivity contribution in [3.05, 3.63) is 77.0 Å². The first-order valence-corrected chi connectivity index (χ1v) is 12.4. The molecule has 38 heavy (non-hydrogen) atoms. The minimum absolute atomic E-state index is 0.0193. The van der Waals surface area contributed by atoms with Crippen molar-refractivity contribution in [2.45, 2.75) is 38.8 Å². The highest BCUT2D eigenvalue weighted by atomic mass is 16.2. The molecule has 3 heterocycles. The van der Waals surface area contributed by atoms with Crippen LogP contribution in [0.25, 0.3) is 22.9 Å². The van der Waals surface area contributed by atoms with Gasteiger partial charge in [-0.05, 0) is 48.6 Å². The molecule has 2 amide bonds. The first-order valence-electron chi connectivity index (χ1n) is 12.4. The lowest BCUT2D eigenvalue weighted by Gasteiger charge is -2.13. The fraction of sp³-hybridized carbons (Fsp3) is 0.214. The monoisotopic (exact) mass is 507 g/mol. The molecule has 0 radical (unpaired) electrons. The normalized spacial score (nSPS) is 16.2. The van der Waals surface area contributed by atoms with Gasteiger partial charge in [-0.3, -0.25) is 19.7 Å². The molecule has 10 heteroatoms. The molecule has 1 aliphatic heterocycles. The number of nitrogens with one attached hydrogen (secondary N) is 3. The lowest BCUT2D eigenvalue weighted by Crippen LogP contribution is -2.19. The highest BCUT2D eigenvalue weighted by Gasteiger charge is 2.26. The first-order chi connectivity index (χ1) is 18.4. The van der Waals surface area contributed by atoms with E-state index in [4.69, 9.17) is 4.98 Å². The van der Waals surface area contributed by atoms with Crippen molar-refractivity contribution in [2.75, 3.05) is 10.6 Å². The summed E-state index contributed by atoms with van der Waals surface area (Å²) < 4.78 is 1.62. The van der Waals surface area contributed by atoms with Crippen LogP contribution < -0.4 is 16.0 Å². The van der Waals surface area contributed by atoms with E-state index in [0.29, 0.717) is 46.8 Å². The van der Waals surface area contributed by atoms with Gasteiger partial charge < -0.3 is 10.6 Å². The van der Waals surface area contributed by atoms with Gasteiger partial charge in [0.25, 0.3) is 5.91 Å². The van der Waals surface area contributed by atoms with Gasteiger partial charge in [0.05, 0.1) is 12.6 Å². The third-order valence-electron chi connectivity index (χ3n) is 6.57. The maximum absolute atomic E-state index is 12.1. The number of benzene rings is 2. The molecule has 2 aromatic carbocycles. The van der Waals surface area contributed by atoms with E-state index in [0.717, 1.165) is 29.5 Å². The van der Waals surface area contributed by atoms with E-state index < -0.39 is 5.91 Å². The Morgan fingerprint density at radius 3 is 2.74 bits per heavy atom. The summed E-state index contributed by atoms with van der Waals surface area (Å²) in [6.45, 7) is 2.01. The van der Waals surface area contributed by atoms with Crippen molar-refractivity contribution >= 4 is 41.2 Å². The van der Waals surface area contributed by atoms with Gasteiger partial charge in [0.2, 0.25) is 17.8 Å². The number of fused-ring (bicyclic) bond motifs is 1. The van der Waals surface area contributed by atoms with Crippen molar-refractivity contribution in [1.29, 1.82) is 0 Å². The maximum Gasteiger partial charge on any atom is 0.254 e. The van der Waals surface area contributed by atoms with Gasteiger partial charge in [-0.25, -0.2) is 0 Å². The molecule has 2 fully saturated rings. The number of nitrogens with zero attached hydrogens (tertiary/aromatic N) is 4.